The minimum absolute atomic E-state index is 0.0870. The molecule has 0 bridgehead atoms. The zero-order valence-electron chi connectivity index (χ0n) is 22.0. The van der Waals surface area contributed by atoms with Crippen molar-refractivity contribution in [3.8, 4) is 0 Å². The van der Waals surface area contributed by atoms with Gasteiger partial charge in [-0.25, -0.2) is 4.79 Å². The van der Waals surface area contributed by atoms with Gasteiger partial charge in [-0.15, -0.1) is 0 Å². The van der Waals surface area contributed by atoms with Crippen molar-refractivity contribution in [2.24, 2.45) is 5.92 Å². The largest absolute Gasteiger partial charge is 0.464 e. The Balaban J connectivity index is 2.15. The fraction of sp³-hybridized carbons (Fsp3) is 0.483. The summed E-state index contributed by atoms with van der Waals surface area (Å²) in [6.45, 7) is 9.15. The molecule has 1 fully saturated rings. The lowest BCUT2D eigenvalue weighted by Gasteiger charge is -2.47. The minimum Gasteiger partial charge on any atom is -0.464 e. The molecule has 6 nitrogen and oxygen atoms in total. The van der Waals surface area contributed by atoms with Gasteiger partial charge in [-0.1, -0.05) is 54.4 Å². The van der Waals surface area contributed by atoms with E-state index in [1.54, 1.807) is 50.8 Å². The Morgan fingerprint density at radius 1 is 1.03 bits per heavy atom. The number of halogens is 2. The Labute approximate surface area is 229 Å². The average Bonchev–Trinajstić information content (AvgIpc) is 2.81. The van der Waals surface area contributed by atoms with E-state index >= 15 is 0 Å². The highest BCUT2D eigenvalue weighted by molar-refractivity contribution is 6.30. The van der Waals surface area contributed by atoms with Gasteiger partial charge in [0, 0.05) is 21.9 Å². The van der Waals surface area contributed by atoms with Gasteiger partial charge in [0.05, 0.1) is 19.1 Å². The van der Waals surface area contributed by atoms with Crippen molar-refractivity contribution in [3.63, 3.8) is 0 Å². The molecule has 2 aromatic carbocycles. The maximum Gasteiger partial charge on any atom is 0.328 e. The van der Waals surface area contributed by atoms with Crippen LogP contribution < -0.4 is 0 Å². The first-order valence-corrected chi connectivity index (χ1v) is 13.4. The molecule has 200 valence electrons. The Morgan fingerprint density at radius 3 is 2.27 bits per heavy atom. The SMILES string of the molecule is CCOC(=O)C(CC)N1C(=O)C(CC(=O)OC(C)(C)C)C[C@H](c2cccc(Cl)c2)[C@H]1c1ccc(Cl)cc1. The van der Waals surface area contributed by atoms with Crippen LogP contribution in [-0.4, -0.2) is 41.0 Å². The molecule has 0 radical (unpaired) electrons. The molecule has 1 aliphatic heterocycles. The lowest BCUT2D eigenvalue weighted by atomic mass is 9.74. The van der Waals surface area contributed by atoms with Gasteiger partial charge in [0.25, 0.3) is 0 Å². The molecule has 0 saturated carbocycles. The van der Waals surface area contributed by atoms with Gasteiger partial charge in [0.15, 0.2) is 0 Å². The summed E-state index contributed by atoms with van der Waals surface area (Å²) in [5.74, 6) is -2.12. The third-order valence-electron chi connectivity index (χ3n) is 6.43. The van der Waals surface area contributed by atoms with Crippen LogP contribution in [0.1, 0.15) is 77.0 Å². The number of ether oxygens (including phenoxy) is 2. The first-order chi connectivity index (χ1) is 17.4. The summed E-state index contributed by atoms with van der Waals surface area (Å²) >= 11 is 12.6. The van der Waals surface area contributed by atoms with Crippen molar-refractivity contribution >= 4 is 41.0 Å². The molecule has 2 aromatic rings. The van der Waals surface area contributed by atoms with E-state index in [-0.39, 0.29) is 24.9 Å². The molecule has 37 heavy (non-hydrogen) atoms. The summed E-state index contributed by atoms with van der Waals surface area (Å²) in [5, 5.41) is 1.13. The van der Waals surface area contributed by atoms with Crippen molar-refractivity contribution < 1.29 is 23.9 Å². The highest BCUT2D eigenvalue weighted by atomic mass is 35.5. The minimum atomic E-state index is -0.823. The van der Waals surface area contributed by atoms with E-state index in [4.69, 9.17) is 32.7 Å². The summed E-state index contributed by atoms with van der Waals surface area (Å²) in [6.07, 6.45) is 0.661. The molecule has 2 unspecified atom stereocenters. The average molecular weight is 549 g/mol. The van der Waals surface area contributed by atoms with Gasteiger partial charge in [-0.2, -0.15) is 0 Å². The summed E-state index contributed by atoms with van der Waals surface area (Å²) in [4.78, 5) is 41.6. The van der Waals surface area contributed by atoms with Crippen molar-refractivity contribution in [2.45, 2.75) is 77.5 Å². The molecule has 8 heteroatoms. The molecule has 4 atom stereocenters. The number of rotatable bonds is 8. The van der Waals surface area contributed by atoms with Crippen molar-refractivity contribution in [1.82, 2.24) is 4.90 Å². The molecule has 0 spiro atoms. The number of amides is 1. The van der Waals surface area contributed by atoms with Crippen molar-refractivity contribution in [3.05, 3.63) is 69.7 Å². The number of carbonyl (C=O) groups excluding carboxylic acids is 3. The first kappa shape index (κ1) is 29.0. The molecule has 1 aliphatic rings. The molecule has 0 aliphatic carbocycles. The predicted molar refractivity (Wildman–Crippen MR) is 145 cm³/mol. The Hall–Kier alpha value is -2.57. The summed E-state index contributed by atoms with van der Waals surface area (Å²) < 4.78 is 10.9. The second kappa shape index (κ2) is 12.3. The van der Waals surface area contributed by atoms with E-state index in [1.807, 2.05) is 37.3 Å². The summed E-state index contributed by atoms with van der Waals surface area (Å²) in [6, 6.07) is 13.5. The number of esters is 2. The van der Waals surface area contributed by atoms with Crippen LogP contribution in [0, 0.1) is 5.92 Å². The lowest BCUT2D eigenvalue weighted by Crippen LogP contribution is -2.54. The topological polar surface area (TPSA) is 72.9 Å². The smallest absolute Gasteiger partial charge is 0.328 e. The maximum atomic E-state index is 14.1. The quantitative estimate of drug-likeness (QED) is 0.342. The zero-order chi connectivity index (χ0) is 27.3. The molecular weight excluding hydrogens is 513 g/mol. The highest BCUT2D eigenvalue weighted by Gasteiger charge is 2.48. The number of hydrogen-bond acceptors (Lipinski definition) is 5. The fourth-order valence-electron chi connectivity index (χ4n) is 5.00. The molecule has 1 saturated heterocycles. The number of likely N-dealkylation sites (tertiary alicyclic amines) is 1. The molecule has 1 heterocycles. The van der Waals surface area contributed by atoms with Crippen molar-refractivity contribution in [1.29, 1.82) is 0 Å². The van der Waals surface area contributed by atoms with E-state index in [9.17, 15) is 14.4 Å². The van der Waals surface area contributed by atoms with E-state index in [2.05, 4.69) is 0 Å². The highest BCUT2D eigenvalue weighted by Crippen LogP contribution is 2.48. The maximum absolute atomic E-state index is 14.1. The van der Waals surface area contributed by atoms with Gasteiger partial charge in [-0.05, 0) is 75.9 Å². The van der Waals surface area contributed by atoms with E-state index in [0.717, 1.165) is 11.1 Å². The molecule has 0 N–H and O–H groups in total. The standard InChI is InChI=1S/C29H35Cl2NO5/c1-6-24(28(35)36-7-2)32-26(18-11-13-21(30)14-12-18)23(19-9-8-10-22(31)15-19)16-20(27(32)34)17-25(33)37-29(3,4)5/h8-15,20,23-24,26H,6-7,16-17H2,1-5H3/t20?,23-,24?,26-/m1/s1. The van der Waals surface area contributed by atoms with Gasteiger partial charge in [0.2, 0.25) is 5.91 Å². The van der Waals surface area contributed by atoms with Gasteiger partial charge < -0.3 is 14.4 Å². The van der Waals surface area contributed by atoms with Crippen LogP contribution in [0.15, 0.2) is 48.5 Å². The predicted octanol–water partition coefficient (Wildman–Crippen LogP) is 6.74. The molecule has 0 aromatic heterocycles. The molecule has 3 rings (SSSR count). The first-order valence-electron chi connectivity index (χ1n) is 12.7. The normalized spacial score (nSPS) is 20.9. The van der Waals surface area contributed by atoms with E-state index in [0.29, 0.717) is 22.9 Å². The second-order valence-electron chi connectivity index (χ2n) is 10.3. The van der Waals surface area contributed by atoms with Gasteiger partial charge >= 0.3 is 11.9 Å². The van der Waals surface area contributed by atoms with Crippen LogP contribution in [0.2, 0.25) is 10.0 Å². The third kappa shape index (κ3) is 7.26. The molecule has 1 amide bonds. The summed E-state index contributed by atoms with van der Waals surface area (Å²) in [5.41, 5.74) is 1.07. The van der Waals surface area contributed by atoms with Crippen LogP contribution >= 0.6 is 23.2 Å². The Kier molecular flexibility index (Phi) is 9.65. The van der Waals surface area contributed by atoms with Crippen LogP contribution in [-0.2, 0) is 23.9 Å². The third-order valence-corrected chi connectivity index (χ3v) is 6.91. The Bertz CT molecular complexity index is 1110. The summed E-state index contributed by atoms with van der Waals surface area (Å²) in [7, 11) is 0. The number of carbonyl (C=O) groups is 3. The van der Waals surface area contributed by atoms with Crippen molar-refractivity contribution in [2.75, 3.05) is 6.61 Å². The van der Waals surface area contributed by atoms with Crippen LogP contribution in [0.3, 0.4) is 0 Å². The number of nitrogens with zero attached hydrogens (tertiary/aromatic N) is 1. The van der Waals surface area contributed by atoms with E-state index in [1.165, 1.54) is 0 Å². The van der Waals surface area contributed by atoms with Crippen LogP contribution in [0.25, 0.3) is 0 Å². The fourth-order valence-corrected chi connectivity index (χ4v) is 5.33. The zero-order valence-corrected chi connectivity index (χ0v) is 23.5. The number of piperidine rings is 1. The molecular formula is C29H35Cl2NO5. The second-order valence-corrected chi connectivity index (χ2v) is 11.2. The van der Waals surface area contributed by atoms with Gasteiger partial charge in [0.1, 0.15) is 11.6 Å². The van der Waals surface area contributed by atoms with Crippen LogP contribution in [0.4, 0.5) is 0 Å². The monoisotopic (exact) mass is 547 g/mol. The van der Waals surface area contributed by atoms with Crippen LogP contribution in [0.5, 0.6) is 0 Å². The Morgan fingerprint density at radius 2 is 1.70 bits per heavy atom. The lowest BCUT2D eigenvalue weighted by molar-refractivity contribution is -0.166. The van der Waals surface area contributed by atoms with Gasteiger partial charge in [-0.3, -0.25) is 9.59 Å². The number of hydrogen-bond donors (Lipinski definition) is 0. The van der Waals surface area contributed by atoms with E-state index < -0.39 is 35.5 Å². The number of benzene rings is 2.